The van der Waals surface area contributed by atoms with Gasteiger partial charge in [0.15, 0.2) is 0 Å². The molecule has 0 aliphatic heterocycles. The molecule has 105 valence electrons. The molecule has 0 aliphatic carbocycles. The van der Waals surface area contributed by atoms with Crippen molar-refractivity contribution in [1.29, 1.82) is 0 Å². The molecule has 0 aliphatic rings. The zero-order chi connectivity index (χ0) is 14.8. The Morgan fingerprint density at radius 2 is 1.27 bits per heavy atom. The molecule has 2 aromatic carbocycles. The van der Waals surface area contributed by atoms with Crippen molar-refractivity contribution >= 4 is 21.8 Å². The van der Waals surface area contributed by atoms with Gasteiger partial charge in [0, 0.05) is 28.6 Å². The number of benzene rings is 2. The van der Waals surface area contributed by atoms with Gasteiger partial charge in [-0.1, -0.05) is 48.5 Å². The topological polar surface area (TPSA) is 25.8 Å². The summed E-state index contributed by atoms with van der Waals surface area (Å²) < 4.78 is 0. The van der Waals surface area contributed by atoms with Gasteiger partial charge in [-0.2, -0.15) is 0 Å². The highest BCUT2D eigenvalue weighted by atomic mass is 14.7. The highest BCUT2D eigenvalue weighted by molar-refractivity contribution is 5.79. The van der Waals surface area contributed by atoms with Gasteiger partial charge in [0.05, 0.1) is 11.0 Å². The van der Waals surface area contributed by atoms with Gasteiger partial charge in [0.25, 0.3) is 0 Å². The van der Waals surface area contributed by atoms with Gasteiger partial charge >= 0.3 is 0 Å². The summed E-state index contributed by atoms with van der Waals surface area (Å²) in [5, 5.41) is 2.35. The van der Waals surface area contributed by atoms with Crippen LogP contribution in [0.4, 0.5) is 0 Å². The fourth-order valence-corrected chi connectivity index (χ4v) is 2.63. The van der Waals surface area contributed by atoms with Crippen LogP contribution in [0, 0.1) is 6.42 Å². The van der Waals surface area contributed by atoms with E-state index in [2.05, 4.69) is 47.8 Å². The smallest absolute Gasteiger partial charge is 0.0705 e. The van der Waals surface area contributed by atoms with Crippen LogP contribution in [-0.2, 0) is 6.42 Å². The quantitative estimate of drug-likeness (QED) is 0.550. The van der Waals surface area contributed by atoms with Crippen molar-refractivity contribution in [2.24, 2.45) is 0 Å². The molecule has 0 bridgehead atoms. The van der Waals surface area contributed by atoms with Crippen LogP contribution in [0.2, 0.25) is 0 Å². The molecule has 0 N–H and O–H groups in total. The fraction of sp³-hybridized carbons (Fsp3) is 0.0500. The molecule has 0 unspecified atom stereocenters. The summed E-state index contributed by atoms with van der Waals surface area (Å²) in [5.74, 6) is 0. The zero-order valence-electron chi connectivity index (χ0n) is 12.1. The van der Waals surface area contributed by atoms with Crippen LogP contribution in [0.15, 0.2) is 72.8 Å². The maximum atomic E-state index is 4.69. The van der Waals surface area contributed by atoms with Gasteiger partial charge in [-0.3, -0.25) is 9.97 Å². The van der Waals surface area contributed by atoms with Crippen LogP contribution in [0.3, 0.4) is 0 Å². The van der Waals surface area contributed by atoms with E-state index < -0.39 is 0 Å². The van der Waals surface area contributed by atoms with Crippen molar-refractivity contribution < 1.29 is 0 Å². The molecule has 4 rings (SSSR count). The average molecular weight is 283 g/mol. The molecule has 0 spiro atoms. The minimum absolute atomic E-state index is 0.788. The van der Waals surface area contributed by atoms with Crippen molar-refractivity contribution in [3.63, 3.8) is 0 Å². The first-order chi connectivity index (χ1) is 10.9. The van der Waals surface area contributed by atoms with Crippen molar-refractivity contribution in [2.45, 2.75) is 6.42 Å². The van der Waals surface area contributed by atoms with Crippen LogP contribution < -0.4 is 0 Å². The molecular formula is C20H15N2. The van der Waals surface area contributed by atoms with Gasteiger partial charge in [-0.15, -0.1) is 0 Å². The molecule has 2 nitrogen and oxygen atoms in total. The predicted molar refractivity (Wildman–Crippen MR) is 90.6 cm³/mol. The van der Waals surface area contributed by atoms with Crippen LogP contribution >= 0.6 is 0 Å². The van der Waals surface area contributed by atoms with Crippen molar-refractivity contribution in [2.75, 3.05) is 0 Å². The highest BCUT2D eigenvalue weighted by Crippen LogP contribution is 2.16. The lowest BCUT2D eigenvalue weighted by atomic mass is 10.1. The van der Waals surface area contributed by atoms with Gasteiger partial charge in [0.2, 0.25) is 0 Å². The summed E-state index contributed by atoms with van der Waals surface area (Å²) in [6, 6.07) is 24.7. The Hall–Kier alpha value is -2.74. The normalized spacial score (nSPS) is 11.1. The Balaban J connectivity index is 1.57. The lowest BCUT2D eigenvalue weighted by Gasteiger charge is -2.04. The van der Waals surface area contributed by atoms with E-state index in [1.165, 1.54) is 10.8 Å². The van der Waals surface area contributed by atoms with E-state index in [4.69, 9.17) is 4.98 Å². The minimum atomic E-state index is 0.788. The molecule has 0 amide bonds. The highest BCUT2D eigenvalue weighted by Gasteiger charge is 2.02. The lowest BCUT2D eigenvalue weighted by molar-refractivity contribution is 1.06. The standard InChI is InChI=1S/C20H15N2/c1-3-7-19-15(5-1)9-11-17(21-19)13-14-18-12-10-16-6-2-4-8-20(16)22-18/h1-13H,14H2. The van der Waals surface area contributed by atoms with E-state index in [1.807, 2.05) is 36.4 Å². The first-order valence-corrected chi connectivity index (χ1v) is 7.42. The number of rotatable bonds is 3. The first kappa shape index (κ1) is 13.0. The van der Waals surface area contributed by atoms with Gasteiger partial charge in [0.1, 0.15) is 0 Å². The van der Waals surface area contributed by atoms with E-state index in [9.17, 15) is 0 Å². The SMILES string of the molecule is [CH](Cc1ccc2ccccc2n1)c1ccc2ccccc2n1. The second-order valence-corrected chi connectivity index (χ2v) is 5.33. The fourth-order valence-electron chi connectivity index (χ4n) is 2.63. The maximum Gasteiger partial charge on any atom is 0.0705 e. The maximum absolute atomic E-state index is 4.69. The molecule has 4 aromatic rings. The molecule has 0 saturated carbocycles. The van der Waals surface area contributed by atoms with Crippen LogP contribution in [0.5, 0.6) is 0 Å². The summed E-state index contributed by atoms with van der Waals surface area (Å²) in [6.07, 6.45) is 2.92. The summed E-state index contributed by atoms with van der Waals surface area (Å²) in [4.78, 5) is 9.36. The minimum Gasteiger partial charge on any atom is -0.253 e. The second-order valence-electron chi connectivity index (χ2n) is 5.33. The van der Waals surface area contributed by atoms with E-state index >= 15 is 0 Å². The number of aromatic nitrogens is 2. The third kappa shape index (κ3) is 2.56. The Bertz CT molecular complexity index is 865. The van der Waals surface area contributed by atoms with Crippen molar-refractivity contribution in [3.05, 3.63) is 90.6 Å². The monoisotopic (exact) mass is 283 g/mol. The second kappa shape index (κ2) is 5.57. The molecular weight excluding hydrogens is 268 g/mol. The van der Waals surface area contributed by atoms with Gasteiger partial charge in [-0.25, -0.2) is 0 Å². The zero-order valence-corrected chi connectivity index (χ0v) is 12.1. The Labute approximate surface area is 129 Å². The third-order valence-electron chi connectivity index (χ3n) is 3.80. The molecule has 0 atom stereocenters. The van der Waals surface area contributed by atoms with E-state index in [1.54, 1.807) is 0 Å². The molecule has 2 aromatic heterocycles. The van der Waals surface area contributed by atoms with E-state index in [0.29, 0.717) is 0 Å². The number of nitrogens with zero attached hydrogens (tertiary/aromatic N) is 2. The van der Waals surface area contributed by atoms with Crippen LogP contribution in [-0.4, -0.2) is 9.97 Å². The van der Waals surface area contributed by atoms with Crippen LogP contribution in [0.25, 0.3) is 21.8 Å². The lowest BCUT2D eigenvalue weighted by Crippen LogP contribution is -1.95. The molecule has 22 heavy (non-hydrogen) atoms. The number of pyridine rings is 2. The molecule has 2 heterocycles. The third-order valence-corrected chi connectivity index (χ3v) is 3.80. The molecule has 1 radical (unpaired) electrons. The van der Waals surface area contributed by atoms with Crippen LogP contribution in [0.1, 0.15) is 11.4 Å². The van der Waals surface area contributed by atoms with Crippen molar-refractivity contribution in [3.8, 4) is 0 Å². The summed E-state index contributed by atoms with van der Waals surface area (Å²) in [6.45, 7) is 0. The summed E-state index contributed by atoms with van der Waals surface area (Å²) in [7, 11) is 0. The molecule has 0 fully saturated rings. The predicted octanol–water partition coefficient (Wildman–Crippen LogP) is 4.58. The number of para-hydroxylation sites is 2. The summed E-state index contributed by atoms with van der Waals surface area (Å²) >= 11 is 0. The number of hydrogen-bond acceptors (Lipinski definition) is 2. The van der Waals surface area contributed by atoms with E-state index in [-0.39, 0.29) is 0 Å². The molecule has 2 heteroatoms. The summed E-state index contributed by atoms with van der Waals surface area (Å²) in [5.41, 5.74) is 4.13. The Morgan fingerprint density at radius 1 is 0.636 bits per heavy atom. The molecule has 0 saturated heterocycles. The first-order valence-electron chi connectivity index (χ1n) is 7.42. The van der Waals surface area contributed by atoms with Crippen molar-refractivity contribution in [1.82, 2.24) is 9.97 Å². The van der Waals surface area contributed by atoms with Gasteiger partial charge in [-0.05, 0) is 30.7 Å². The largest absolute Gasteiger partial charge is 0.253 e. The number of fused-ring (bicyclic) bond motifs is 2. The van der Waals surface area contributed by atoms with Gasteiger partial charge < -0.3 is 0 Å². The average Bonchev–Trinajstić information content (AvgIpc) is 2.59. The Morgan fingerprint density at radius 3 is 2.05 bits per heavy atom. The Kier molecular flexibility index (Phi) is 3.28. The van der Waals surface area contributed by atoms with E-state index in [0.717, 1.165) is 28.8 Å². The number of hydrogen-bond donors (Lipinski definition) is 0.